The molecule has 24 heavy (non-hydrogen) atoms. The molecule has 1 aromatic heterocycles. The van der Waals surface area contributed by atoms with Crippen LogP contribution in [0.1, 0.15) is 5.56 Å². The third kappa shape index (κ3) is 2.39. The maximum atomic E-state index is 12.0. The molecule has 1 fully saturated rings. The van der Waals surface area contributed by atoms with Gasteiger partial charge in [0.2, 0.25) is 11.9 Å². The van der Waals surface area contributed by atoms with E-state index >= 15 is 0 Å². The van der Waals surface area contributed by atoms with Gasteiger partial charge in [-0.3, -0.25) is 38.3 Å². The van der Waals surface area contributed by atoms with E-state index in [1.54, 1.807) is 0 Å². The number of hydrogen-bond donors (Lipinski definition) is 1. The zero-order valence-corrected chi connectivity index (χ0v) is 13.4. The molecule has 1 aliphatic rings. The number of aromatic nitrogens is 2. The topological polar surface area (TPSA) is 134 Å². The van der Waals surface area contributed by atoms with E-state index in [0.717, 1.165) is 25.1 Å². The van der Waals surface area contributed by atoms with Gasteiger partial charge in [-0.2, -0.15) is 0 Å². The zero-order chi connectivity index (χ0) is 18.3. The smallest absolute Gasteiger partial charge is 0.333 e. The van der Waals surface area contributed by atoms with Gasteiger partial charge in [0.15, 0.2) is 0 Å². The molecule has 0 unspecified atom stereocenters. The number of barbiturate groups is 1. The first-order valence-electron chi connectivity index (χ1n) is 6.70. The maximum Gasteiger partial charge on any atom is 0.333 e. The normalized spacial score (nSPS) is 16.6. The molecular weight excluding hydrogens is 322 g/mol. The standard InChI is InChI=1S/C13H15N5O6/c1-15-8(19)6(9(20)16(2)12(15)23)5-14-7-10(21)17(3)13(24)18(4)11(7)22/h5,7,19H,1-4H3. The quantitative estimate of drug-likeness (QED) is 0.473. The van der Waals surface area contributed by atoms with Crippen LogP contribution in [0.3, 0.4) is 0 Å². The average Bonchev–Trinajstić information content (AvgIpc) is 2.57. The molecule has 2 rings (SSSR count). The molecule has 4 amide bonds. The molecule has 11 nitrogen and oxygen atoms in total. The fraction of sp³-hybridized carbons (Fsp3) is 0.385. The molecule has 0 aliphatic carbocycles. The van der Waals surface area contributed by atoms with Gasteiger partial charge in [-0.25, -0.2) is 9.59 Å². The minimum atomic E-state index is -1.56. The third-order valence-electron chi connectivity index (χ3n) is 3.72. The minimum Gasteiger partial charge on any atom is -0.494 e. The molecule has 1 aliphatic heterocycles. The maximum absolute atomic E-state index is 12.0. The number of likely N-dealkylation sites (N-methyl/N-ethyl adjacent to an activating group) is 2. The summed E-state index contributed by atoms with van der Waals surface area (Å²) in [5, 5.41) is 9.90. The number of aliphatic imine (C=N–C) groups is 1. The second-order valence-corrected chi connectivity index (χ2v) is 5.20. The van der Waals surface area contributed by atoms with Crippen molar-refractivity contribution in [3.05, 3.63) is 26.4 Å². The molecule has 1 aromatic rings. The Morgan fingerprint density at radius 3 is 1.92 bits per heavy atom. The number of hydrogen-bond acceptors (Lipinski definition) is 7. The van der Waals surface area contributed by atoms with Gasteiger partial charge in [-0.05, 0) is 0 Å². The van der Waals surface area contributed by atoms with Crippen molar-refractivity contribution in [2.24, 2.45) is 19.1 Å². The first kappa shape index (κ1) is 17.1. The molecule has 1 saturated heterocycles. The largest absolute Gasteiger partial charge is 0.494 e. The van der Waals surface area contributed by atoms with Gasteiger partial charge in [0.05, 0.1) is 0 Å². The number of amides is 4. The molecule has 0 saturated carbocycles. The second kappa shape index (κ2) is 5.76. The van der Waals surface area contributed by atoms with Crippen LogP contribution in [0.4, 0.5) is 4.79 Å². The zero-order valence-electron chi connectivity index (χ0n) is 13.4. The molecule has 1 N–H and O–H groups in total. The lowest BCUT2D eigenvalue weighted by atomic mass is 10.2. The number of imide groups is 2. The van der Waals surface area contributed by atoms with Crippen molar-refractivity contribution < 1.29 is 19.5 Å². The van der Waals surface area contributed by atoms with Crippen molar-refractivity contribution in [1.82, 2.24) is 18.9 Å². The summed E-state index contributed by atoms with van der Waals surface area (Å²) in [5.41, 5.74) is -1.94. The third-order valence-corrected chi connectivity index (χ3v) is 3.72. The molecule has 0 atom stereocenters. The summed E-state index contributed by atoms with van der Waals surface area (Å²) in [4.78, 5) is 64.5. The lowest BCUT2D eigenvalue weighted by molar-refractivity contribution is -0.142. The summed E-state index contributed by atoms with van der Waals surface area (Å²) < 4.78 is 1.56. The molecular formula is C13H15N5O6. The van der Waals surface area contributed by atoms with Crippen molar-refractivity contribution in [3.63, 3.8) is 0 Å². The Balaban J connectivity index is 2.51. The molecule has 128 valence electrons. The Kier molecular flexibility index (Phi) is 4.11. The summed E-state index contributed by atoms with van der Waals surface area (Å²) in [5.74, 6) is -2.37. The highest BCUT2D eigenvalue weighted by atomic mass is 16.3. The molecule has 0 bridgehead atoms. The fourth-order valence-electron chi connectivity index (χ4n) is 2.14. The Hall–Kier alpha value is -3.24. The van der Waals surface area contributed by atoms with Gasteiger partial charge in [0.1, 0.15) is 5.56 Å². The Morgan fingerprint density at radius 1 is 0.917 bits per heavy atom. The van der Waals surface area contributed by atoms with Gasteiger partial charge in [0.25, 0.3) is 17.4 Å². The van der Waals surface area contributed by atoms with Crippen LogP contribution in [0.25, 0.3) is 0 Å². The number of carbonyl (C=O) groups is 3. The van der Waals surface area contributed by atoms with Crippen LogP contribution in [0.5, 0.6) is 5.88 Å². The van der Waals surface area contributed by atoms with Gasteiger partial charge >= 0.3 is 11.7 Å². The van der Waals surface area contributed by atoms with Gasteiger partial charge in [0, 0.05) is 34.4 Å². The van der Waals surface area contributed by atoms with Crippen LogP contribution in [-0.4, -0.2) is 68.2 Å². The van der Waals surface area contributed by atoms with Gasteiger partial charge < -0.3 is 5.11 Å². The number of nitrogens with zero attached hydrogens (tertiary/aromatic N) is 5. The van der Waals surface area contributed by atoms with Gasteiger partial charge in [-0.1, -0.05) is 0 Å². The number of carbonyl (C=O) groups excluding carboxylic acids is 3. The van der Waals surface area contributed by atoms with Crippen molar-refractivity contribution in [3.8, 4) is 5.88 Å². The van der Waals surface area contributed by atoms with Crippen molar-refractivity contribution in [2.75, 3.05) is 14.1 Å². The Labute approximate surface area is 135 Å². The monoisotopic (exact) mass is 337 g/mol. The number of rotatable bonds is 2. The van der Waals surface area contributed by atoms with Crippen LogP contribution >= 0.6 is 0 Å². The predicted octanol–water partition coefficient (Wildman–Crippen LogP) is -2.37. The van der Waals surface area contributed by atoms with Crippen LogP contribution in [0.15, 0.2) is 14.6 Å². The predicted molar refractivity (Wildman–Crippen MR) is 80.9 cm³/mol. The highest BCUT2D eigenvalue weighted by molar-refractivity contribution is 6.19. The highest BCUT2D eigenvalue weighted by Crippen LogP contribution is 2.13. The van der Waals surface area contributed by atoms with Crippen LogP contribution < -0.4 is 11.2 Å². The summed E-state index contributed by atoms with van der Waals surface area (Å²) in [7, 11) is 4.84. The Bertz CT molecular complexity index is 871. The lowest BCUT2D eigenvalue weighted by Gasteiger charge is -2.30. The lowest BCUT2D eigenvalue weighted by Crippen LogP contribution is -2.59. The van der Waals surface area contributed by atoms with Crippen molar-refractivity contribution in [1.29, 1.82) is 0 Å². The van der Waals surface area contributed by atoms with E-state index < -0.39 is 41.0 Å². The molecule has 2 heterocycles. The van der Waals surface area contributed by atoms with E-state index in [4.69, 9.17) is 0 Å². The summed E-state index contributed by atoms with van der Waals surface area (Å²) in [6, 6.07) is -2.35. The van der Waals surface area contributed by atoms with Crippen molar-refractivity contribution in [2.45, 2.75) is 6.04 Å². The second-order valence-electron chi connectivity index (χ2n) is 5.20. The summed E-state index contributed by atoms with van der Waals surface area (Å²) in [6.07, 6.45) is 0.842. The minimum absolute atomic E-state index is 0.359. The van der Waals surface area contributed by atoms with E-state index in [1.807, 2.05) is 0 Å². The summed E-state index contributed by atoms with van der Waals surface area (Å²) >= 11 is 0. The number of urea groups is 1. The first-order chi connectivity index (χ1) is 11.1. The molecule has 0 radical (unpaired) electrons. The average molecular weight is 337 g/mol. The highest BCUT2D eigenvalue weighted by Gasteiger charge is 2.42. The van der Waals surface area contributed by atoms with E-state index in [1.165, 1.54) is 28.2 Å². The Morgan fingerprint density at radius 2 is 1.42 bits per heavy atom. The molecule has 0 spiro atoms. The van der Waals surface area contributed by atoms with Gasteiger partial charge in [-0.15, -0.1) is 0 Å². The molecule has 11 heteroatoms. The van der Waals surface area contributed by atoms with E-state index in [2.05, 4.69) is 4.99 Å². The van der Waals surface area contributed by atoms with Crippen LogP contribution in [0, 0.1) is 0 Å². The van der Waals surface area contributed by atoms with Crippen LogP contribution in [-0.2, 0) is 23.7 Å². The van der Waals surface area contributed by atoms with E-state index in [9.17, 15) is 29.1 Å². The SMILES string of the molecule is CN1C(=O)C(N=Cc2c(O)n(C)c(=O)n(C)c2=O)C(=O)N(C)C1=O. The van der Waals surface area contributed by atoms with E-state index in [-0.39, 0.29) is 5.56 Å². The fourth-order valence-corrected chi connectivity index (χ4v) is 2.14. The summed E-state index contributed by atoms with van der Waals surface area (Å²) in [6.45, 7) is 0. The van der Waals surface area contributed by atoms with E-state index in [0.29, 0.717) is 0 Å². The van der Waals surface area contributed by atoms with Crippen LogP contribution in [0.2, 0.25) is 0 Å². The van der Waals surface area contributed by atoms with Crippen molar-refractivity contribution >= 4 is 24.1 Å². The number of aromatic hydroxyl groups is 1. The molecule has 0 aromatic carbocycles. The first-order valence-corrected chi connectivity index (χ1v) is 6.70.